The molecule has 0 radical (unpaired) electrons. The van der Waals surface area contributed by atoms with Crippen molar-refractivity contribution < 1.29 is 17.9 Å². The minimum Gasteiger partial charge on any atom is -0.381 e. The number of methoxy groups -OCH3 is 1. The molecule has 0 aromatic rings. The van der Waals surface area contributed by atoms with Crippen LogP contribution in [0.3, 0.4) is 0 Å². The smallest absolute Gasteiger partial charge is 0.381 e. The van der Waals surface area contributed by atoms with E-state index >= 15 is 0 Å². The van der Waals surface area contributed by atoms with Crippen molar-refractivity contribution in [2.45, 2.75) is 43.5 Å². The van der Waals surface area contributed by atoms with Gasteiger partial charge in [-0.3, -0.25) is 0 Å². The Morgan fingerprint density at radius 3 is 2.21 bits per heavy atom. The van der Waals surface area contributed by atoms with Crippen LogP contribution in [0.4, 0.5) is 13.2 Å². The van der Waals surface area contributed by atoms with Crippen LogP contribution in [-0.2, 0) is 4.74 Å². The summed E-state index contributed by atoms with van der Waals surface area (Å²) in [5.41, 5.74) is 2.66. The van der Waals surface area contributed by atoms with E-state index in [2.05, 4.69) is 0 Å². The molecule has 2 fully saturated rings. The van der Waals surface area contributed by atoms with Gasteiger partial charge in [-0.1, -0.05) is 6.42 Å². The van der Waals surface area contributed by atoms with Crippen molar-refractivity contribution in [3.63, 3.8) is 0 Å². The highest BCUT2D eigenvalue weighted by molar-refractivity contribution is 5.23. The summed E-state index contributed by atoms with van der Waals surface area (Å²) in [6.07, 6.45) is -2.78. The average molecular weight is 209 g/mol. The monoisotopic (exact) mass is 209 g/mol. The number of nitrogens with two attached hydrogens (primary N) is 1. The molecule has 2 nitrogen and oxygen atoms in total. The van der Waals surface area contributed by atoms with Crippen molar-refractivity contribution in [1.82, 2.24) is 0 Å². The molecule has 0 saturated heterocycles. The summed E-state index contributed by atoms with van der Waals surface area (Å²) in [6.45, 7) is 0. The van der Waals surface area contributed by atoms with E-state index in [9.17, 15) is 13.2 Å². The highest BCUT2D eigenvalue weighted by atomic mass is 19.4. The highest BCUT2D eigenvalue weighted by Gasteiger charge is 2.76. The number of ether oxygens (including phenoxy) is 1. The molecule has 0 aliphatic heterocycles. The Balaban J connectivity index is 2.24. The van der Waals surface area contributed by atoms with E-state index in [0.717, 1.165) is 6.42 Å². The van der Waals surface area contributed by atoms with Crippen LogP contribution in [0.25, 0.3) is 0 Å². The van der Waals surface area contributed by atoms with Crippen LogP contribution in [0.15, 0.2) is 0 Å². The van der Waals surface area contributed by atoms with Gasteiger partial charge in [0.05, 0.1) is 6.10 Å². The second-order valence-corrected chi connectivity index (χ2v) is 4.41. The summed E-state index contributed by atoms with van der Waals surface area (Å²) in [7, 11) is 1.46. The predicted molar refractivity (Wildman–Crippen MR) is 44.7 cm³/mol. The van der Waals surface area contributed by atoms with Crippen LogP contribution in [0.1, 0.15) is 25.7 Å². The SMILES string of the molecule is COC1CC(N)(C(F)(F)F)C12CCC2. The largest absolute Gasteiger partial charge is 0.407 e. The minimum absolute atomic E-state index is 0.0903. The van der Waals surface area contributed by atoms with Crippen molar-refractivity contribution in [1.29, 1.82) is 0 Å². The molecule has 0 heterocycles. The van der Waals surface area contributed by atoms with Gasteiger partial charge in [-0.25, -0.2) is 0 Å². The van der Waals surface area contributed by atoms with Crippen molar-refractivity contribution in [2.75, 3.05) is 7.11 Å². The fraction of sp³-hybridized carbons (Fsp3) is 1.00. The van der Waals surface area contributed by atoms with Gasteiger partial charge in [0.15, 0.2) is 0 Å². The molecule has 5 heteroatoms. The van der Waals surface area contributed by atoms with Gasteiger partial charge in [-0.05, 0) is 12.8 Å². The van der Waals surface area contributed by atoms with Crippen LogP contribution in [0.5, 0.6) is 0 Å². The van der Waals surface area contributed by atoms with E-state index in [0.29, 0.717) is 12.8 Å². The molecule has 2 aliphatic rings. The van der Waals surface area contributed by atoms with Gasteiger partial charge >= 0.3 is 6.18 Å². The molecule has 2 unspecified atom stereocenters. The van der Waals surface area contributed by atoms with E-state index in [-0.39, 0.29) is 12.5 Å². The maximum absolute atomic E-state index is 12.7. The lowest BCUT2D eigenvalue weighted by Crippen LogP contribution is -2.80. The molecule has 0 bridgehead atoms. The van der Waals surface area contributed by atoms with Gasteiger partial charge in [-0.15, -0.1) is 0 Å². The summed E-state index contributed by atoms with van der Waals surface area (Å²) in [6, 6.07) is 0. The zero-order valence-corrected chi connectivity index (χ0v) is 8.03. The number of rotatable bonds is 1. The van der Waals surface area contributed by atoms with E-state index in [1.165, 1.54) is 7.11 Å². The quantitative estimate of drug-likeness (QED) is 0.715. The van der Waals surface area contributed by atoms with E-state index in [4.69, 9.17) is 10.5 Å². The molecule has 2 atom stereocenters. The number of hydrogen-bond donors (Lipinski definition) is 1. The summed E-state index contributed by atoms with van der Waals surface area (Å²) in [5.74, 6) is 0. The van der Waals surface area contributed by atoms with Crippen molar-refractivity contribution in [3.05, 3.63) is 0 Å². The third-order valence-electron chi connectivity index (χ3n) is 4.05. The Kier molecular flexibility index (Phi) is 1.93. The van der Waals surface area contributed by atoms with Gasteiger partial charge in [0.2, 0.25) is 0 Å². The van der Waals surface area contributed by atoms with Crippen molar-refractivity contribution in [2.24, 2.45) is 11.1 Å². The van der Waals surface area contributed by atoms with Gasteiger partial charge in [0.1, 0.15) is 5.54 Å². The Morgan fingerprint density at radius 2 is 1.93 bits per heavy atom. The van der Waals surface area contributed by atoms with Crippen LogP contribution in [0, 0.1) is 5.41 Å². The highest BCUT2D eigenvalue weighted by Crippen LogP contribution is 2.66. The molecule has 0 aromatic heterocycles. The Bertz CT molecular complexity index is 249. The molecule has 2 N–H and O–H groups in total. The first-order valence-corrected chi connectivity index (χ1v) is 4.76. The fourth-order valence-corrected chi connectivity index (χ4v) is 2.88. The Morgan fingerprint density at radius 1 is 1.36 bits per heavy atom. The lowest BCUT2D eigenvalue weighted by atomic mass is 9.43. The molecule has 1 spiro atoms. The second kappa shape index (κ2) is 2.64. The van der Waals surface area contributed by atoms with Gasteiger partial charge in [-0.2, -0.15) is 13.2 Å². The normalized spacial score (nSPS) is 40.5. The third-order valence-corrected chi connectivity index (χ3v) is 4.05. The third kappa shape index (κ3) is 0.896. The summed E-state index contributed by atoms with van der Waals surface area (Å²) in [4.78, 5) is 0. The van der Waals surface area contributed by atoms with Gasteiger partial charge < -0.3 is 10.5 Å². The standard InChI is InChI=1S/C9H14F3NO/c1-14-6-5-8(13,9(10,11)12)7(6)3-2-4-7/h6H,2-5,13H2,1H3. The van der Waals surface area contributed by atoms with Crippen LogP contribution >= 0.6 is 0 Å². The van der Waals surface area contributed by atoms with Crippen LogP contribution in [0.2, 0.25) is 0 Å². The zero-order valence-electron chi connectivity index (χ0n) is 8.03. The first-order valence-electron chi connectivity index (χ1n) is 4.76. The first-order chi connectivity index (χ1) is 6.37. The van der Waals surface area contributed by atoms with Crippen molar-refractivity contribution >= 4 is 0 Å². The zero-order chi connectivity index (χ0) is 10.6. The van der Waals surface area contributed by atoms with Crippen LogP contribution in [-0.4, -0.2) is 24.9 Å². The molecule has 82 valence electrons. The molecular weight excluding hydrogens is 195 g/mol. The molecular formula is C9H14F3NO. The number of alkyl halides is 3. The van der Waals surface area contributed by atoms with Gasteiger partial charge in [0, 0.05) is 18.9 Å². The maximum Gasteiger partial charge on any atom is 0.407 e. The molecule has 2 saturated carbocycles. The topological polar surface area (TPSA) is 35.2 Å². The van der Waals surface area contributed by atoms with E-state index in [1.807, 2.05) is 0 Å². The summed E-state index contributed by atoms with van der Waals surface area (Å²) >= 11 is 0. The Labute approximate surface area is 80.6 Å². The molecule has 14 heavy (non-hydrogen) atoms. The average Bonchev–Trinajstić information content (AvgIpc) is 1.93. The molecule has 0 amide bonds. The number of hydrogen-bond acceptors (Lipinski definition) is 2. The van der Waals surface area contributed by atoms with Gasteiger partial charge in [0.25, 0.3) is 0 Å². The fourth-order valence-electron chi connectivity index (χ4n) is 2.88. The van der Waals surface area contributed by atoms with E-state index < -0.39 is 17.1 Å². The first kappa shape index (κ1) is 10.2. The Hall–Kier alpha value is -0.290. The predicted octanol–water partition coefficient (Wildman–Crippen LogP) is 1.84. The van der Waals surface area contributed by atoms with E-state index in [1.54, 1.807) is 0 Å². The minimum atomic E-state index is -4.30. The number of halogens is 3. The second-order valence-electron chi connectivity index (χ2n) is 4.41. The molecule has 0 aromatic carbocycles. The lowest BCUT2D eigenvalue weighted by Gasteiger charge is -2.66. The van der Waals surface area contributed by atoms with Crippen LogP contribution < -0.4 is 5.73 Å². The molecule has 2 aliphatic carbocycles. The van der Waals surface area contributed by atoms with Crippen molar-refractivity contribution in [3.8, 4) is 0 Å². The summed E-state index contributed by atoms with van der Waals surface area (Å²) in [5, 5.41) is 0. The molecule has 2 rings (SSSR count). The summed E-state index contributed by atoms with van der Waals surface area (Å²) < 4.78 is 43.2. The maximum atomic E-state index is 12.7. The lowest BCUT2D eigenvalue weighted by molar-refractivity contribution is -0.314.